The maximum Gasteiger partial charge on any atom is 0.213 e. The number of aromatic amines is 2. The highest BCUT2D eigenvalue weighted by atomic mass is 32.1. The van der Waals surface area contributed by atoms with E-state index in [1.807, 2.05) is 0 Å². The molecule has 0 fully saturated rings. The summed E-state index contributed by atoms with van der Waals surface area (Å²) in [4.78, 5) is 4.20. The van der Waals surface area contributed by atoms with E-state index >= 15 is 0 Å². The van der Waals surface area contributed by atoms with Crippen LogP contribution in [-0.2, 0) is 6.42 Å². The molecule has 0 aliphatic heterocycles. The van der Waals surface area contributed by atoms with Crippen molar-refractivity contribution in [1.82, 2.24) is 15.2 Å². The molecule has 0 aliphatic carbocycles. The minimum absolute atomic E-state index is 0.568. The molecule has 0 atom stereocenters. The Balaban J connectivity index is 1.80. The van der Waals surface area contributed by atoms with Crippen molar-refractivity contribution in [3.8, 4) is 0 Å². The highest BCUT2D eigenvalue weighted by molar-refractivity contribution is 7.71. The first-order chi connectivity index (χ1) is 9.33. The number of nitrogens with one attached hydrogen (secondary N) is 2. The van der Waals surface area contributed by atoms with Gasteiger partial charge in [-0.3, -0.25) is 10.2 Å². The van der Waals surface area contributed by atoms with Crippen LogP contribution in [0.2, 0.25) is 0 Å². The van der Waals surface area contributed by atoms with Crippen molar-refractivity contribution in [2.24, 2.45) is 0 Å². The van der Waals surface area contributed by atoms with Gasteiger partial charge in [0.1, 0.15) is 5.82 Å². The standard InChI is InChI=1S/C15H29N3S/c1-2-3-4-5-6-7-8-9-10-11-12-13-14-16-15(19)18-17-14/h2-13H2,1H3,(H2,16,17,18,19). The second kappa shape index (κ2) is 11.2. The molecular formula is C15H29N3S. The smallest absolute Gasteiger partial charge is 0.213 e. The molecule has 0 bridgehead atoms. The zero-order valence-corrected chi connectivity index (χ0v) is 13.2. The quantitative estimate of drug-likeness (QED) is 0.403. The van der Waals surface area contributed by atoms with Gasteiger partial charge in [-0.15, -0.1) is 0 Å². The average Bonchev–Trinajstić information content (AvgIpc) is 2.82. The maximum absolute atomic E-state index is 4.92. The Morgan fingerprint density at radius 1 is 0.789 bits per heavy atom. The molecule has 1 aromatic rings. The second-order valence-corrected chi connectivity index (χ2v) is 5.79. The van der Waals surface area contributed by atoms with E-state index in [-0.39, 0.29) is 0 Å². The van der Waals surface area contributed by atoms with E-state index < -0.39 is 0 Å². The SMILES string of the molecule is CCCCCCCCCCCCCc1nc(=S)[nH][nH]1. The molecule has 3 nitrogen and oxygen atoms in total. The zero-order chi connectivity index (χ0) is 13.8. The van der Waals surface area contributed by atoms with Gasteiger partial charge < -0.3 is 0 Å². The van der Waals surface area contributed by atoms with Crippen molar-refractivity contribution >= 4 is 12.2 Å². The topological polar surface area (TPSA) is 44.5 Å². The molecule has 0 spiro atoms. The van der Waals surface area contributed by atoms with Crippen molar-refractivity contribution < 1.29 is 0 Å². The van der Waals surface area contributed by atoms with E-state index in [4.69, 9.17) is 12.2 Å². The Morgan fingerprint density at radius 3 is 1.79 bits per heavy atom. The summed E-state index contributed by atoms with van der Waals surface area (Å²) in [6.07, 6.45) is 16.2. The van der Waals surface area contributed by atoms with E-state index in [1.165, 1.54) is 70.6 Å². The van der Waals surface area contributed by atoms with E-state index in [0.29, 0.717) is 4.77 Å². The molecule has 19 heavy (non-hydrogen) atoms. The number of hydrogen-bond donors (Lipinski definition) is 2. The van der Waals surface area contributed by atoms with E-state index in [2.05, 4.69) is 22.1 Å². The summed E-state index contributed by atoms with van der Waals surface area (Å²) in [7, 11) is 0. The highest BCUT2D eigenvalue weighted by Gasteiger charge is 1.97. The lowest BCUT2D eigenvalue weighted by Gasteiger charge is -2.02. The second-order valence-electron chi connectivity index (χ2n) is 5.40. The third-order valence-corrected chi connectivity index (χ3v) is 3.76. The van der Waals surface area contributed by atoms with Gasteiger partial charge in [-0.25, -0.2) is 4.98 Å². The molecule has 0 saturated carbocycles. The van der Waals surface area contributed by atoms with E-state index in [1.54, 1.807) is 0 Å². The number of nitrogens with zero attached hydrogens (tertiary/aromatic N) is 1. The minimum Gasteiger partial charge on any atom is -0.286 e. The normalized spacial score (nSPS) is 11.0. The first-order valence-corrected chi connectivity index (χ1v) is 8.37. The Morgan fingerprint density at radius 2 is 1.32 bits per heavy atom. The summed E-state index contributed by atoms with van der Waals surface area (Å²) in [6, 6.07) is 0. The molecule has 2 N–H and O–H groups in total. The fourth-order valence-electron chi connectivity index (χ4n) is 2.38. The number of aromatic nitrogens is 3. The van der Waals surface area contributed by atoms with Crippen LogP contribution in [0.3, 0.4) is 0 Å². The Labute approximate surface area is 122 Å². The fourth-order valence-corrected chi connectivity index (χ4v) is 2.54. The van der Waals surface area contributed by atoms with Gasteiger partial charge in [0.05, 0.1) is 0 Å². The van der Waals surface area contributed by atoms with Crippen molar-refractivity contribution in [3.05, 3.63) is 10.6 Å². The van der Waals surface area contributed by atoms with Crippen LogP contribution < -0.4 is 0 Å². The highest BCUT2D eigenvalue weighted by Crippen LogP contribution is 2.11. The largest absolute Gasteiger partial charge is 0.286 e. The molecule has 4 heteroatoms. The van der Waals surface area contributed by atoms with Crippen LogP contribution >= 0.6 is 12.2 Å². The maximum atomic E-state index is 4.92. The van der Waals surface area contributed by atoms with Gasteiger partial charge in [-0.2, -0.15) is 0 Å². The molecule has 1 aromatic heterocycles. The lowest BCUT2D eigenvalue weighted by molar-refractivity contribution is 0.548. The molecule has 110 valence electrons. The lowest BCUT2D eigenvalue weighted by atomic mass is 10.1. The average molecular weight is 283 g/mol. The van der Waals surface area contributed by atoms with Gasteiger partial charge in [-0.05, 0) is 18.6 Å². The summed E-state index contributed by atoms with van der Waals surface area (Å²) < 4.78 is 0.568. The fraction of sp³-hybridized carbons (Fsp3) is 0.867. The van der Waals surface area contributed by atoms with Gasteiger partial charge >= 0.3 is 0 Å². The first kappa shape index (κ1) is 16.4. The number of H-pyrrole nitrogens is 2. The van der Waals surface area contributed by atoms with Gasteiger partial charge in [0, 0.05) is 6.42 Å². The van der Waals surface area contributed by atoms with Crippen molar-refractivity contribution in [2.75, 3.05) is 0 Å². The molecular weight excluding hydrogens is 254 g/mol. The molecule has 0 unspecified atom stereocenters. The minimum atomic E-state index is 0.568. The molecule has 0 amide bonds. The van der Waals surface area contributed by atoms with Crippen molar-refractivity contribution in [3.63, 3.8) is 0 Å². The summed E-state index contributed by atoms with van der Waals surface area (Å²) in [5, 5.41) is 5.84. The van der Waals surface area contributed by atoms with Gasteiger partial charge in [0.15, 0.2) is 0 Å². The van der Waals surface area contributed by atoms with Crippen LogP contribution in [0.15, 0.2) is 0 Å². The van der Waals surface area contributed by atoms with E-state index in [0.717, 1.165) is 12.2 Å². The van der Waals surface area contributed by atoms with Crippen molar-refractivity contribution in [2.45, 2.75) is 84.0 Å². The number of rotatable bonds is 12. The third kappa shape index (κ3) is 8.98. The van der Waals surface area contributed by atoms with Crippen LogP contribution in [0, 0.1) is 4.77 Å². The van der Waals surface area contributed by atoms with Crippen LogP contribution in [-0.4, -0.2) is 15.2 Å². The molecule has 1 heterocycles. The number of hydrogen-bond acceptors (Lipinski definition) is 2. The van der Waals surface area contributed by atoms with Gasteiger partial charge in [-0.1, -0.05) is 71.1 Å². The van der Waals surface area contributed by atoms with Crippen molar-refractivity contribution in [1.29, 1.82) is 0 Å². The summed E-state index contributed by atoms with van der Waals surface area (Å²) in [5.41, 5.74) is 0. The lowest BCUT2D eigenvalue weighted by Crippen LogP contribution is -1.89. The number of unbranched alkanes of at least 4 members (excludes halogenated alkanes) is 10. The summed E-state index contributed by atoms with van der Waals surface area (Å²) >= 11 is 4.92. The van der Waals surface area contributed by atoms with Crippen LogP contribution in [0.5, 0.6) is 0 Å². The molecule has 1 rings (SSSR count). The molecule has 0 radical (unpaired) electrons. The third-order valence-electron chi connectivity index (χ3n) is 3.57. The predicted octanol–water partition coefficient (Wildman–Crippen LogP) is 5.32. The number of aryl methyl sites for hydroxylation is 1. The van der Waals surface area contributed by atoms with Gasteiger partial charge in [0.2, 0.25) is 4.77 Å². The Kier molecular flexibility index (Phi) is 9.68. The summed E-state index contributed by atoms with van der Waals surface area (Å²) in [6.45, 7) is 2.27. The summed E-state index contributed by atoms with van der Waals surface area (Å²) in [5.74, 6) is 1.00. The molecule has 0 aliphatic rings. The van der Waals surface area contributed by atoms with Crippen LogP contribution in [0.4, 0.5) is 0 Å². The zero-order valence-electron chi connectivity index (χ0n) is 12.3. The Hall–Kier alpha value is -0.640. The molecule has 0 saturated heterocycles. The molecule has 0 aromatic carbocycles. The monoisotopic (exact) mass is 283 g/mol. The van der Waals surface area contributed by atoms with Crippen LogP contribution in [0.25, 0.3) is 0 Å². The van der Waals surface area contributed by atoms with E-state index in [9.17, 15) is 0 Å². The van der Waals surface area contributed by atoms with Gasteiger partial charge in [0.25, 0.3) is 0 Å². The Bertz CT molecular complexity index is 356. The first-order valence-electron chi connectivity index (χ1n) is 7.96. The predicted molar refractivity (Wildman–Crippen MR) is 83.9 cm³/mol. The van der Waals surface area contributed by atoms with Crippen LogP contribution in [0.1, 0.15) is 83.4 Å².